The Kier molecular flexibility index (Phi) is 3.20. The predicted octanol–water partition coefficient (Wildman–Crippen LogP) is 3.34. The Morgan fingerprint density at radius 1 is 1.40 bits per heavy atom. The van der Waals surface area contributed by atoms with Gasteiger partial charge in [0.25, 0.3) is 5.56 Å². The summed E-state index contributed by atoms with van der Waals surface area (Å²) in [6.45, 7) is 1.92. The van der Waals surface area contributed by atoms with Crippen LogP contribution in [-0.2, 0) is 0 Å². The molecule has 0 fully saturated rings. The fourth-order valence-electron chi connectivity index (χ4n) is 1.94. The third kappa shape index (κ3) is 2.40. The van der Waals surface area contributed by atoms with E-state index in [0.717, 1.165) is 16.7 Å². The van der Waals surface area contributed by atoms with Crippen molar-refractivity contribution in [1.29, 1.82) is 0 Å². The van der Waals surface area contributed by atoms with Crippen LogP contribution in [0.25, 0.3) is 11.0 Å². The SMILES string of the molecule is CC(Nc1ncc(Cl)c(=O)[nH]1)c1cc2ccccc2o1. The van der Waals surface area contributed by atoms with Crippen molar-refractivity contribution in [2.45, 2.75) is 13.0 Å². The highest BCUT2D eigenvalue weighted by molar-refractivity contribution is 6.30. The van der Waals surface area contributed by atoms with E-state index in [4.69, 9.17) is 16.0 Å². The van der Waals surface area contributed by atoms with Gasteiger partial charge >= 0.3 is 0 Å². The molecule has 2 heterocycles. The molecule has 0 amide bonds. The van der Waals surface area contributed by atoms with Crippen LogP contribution in [0.3, 0.4) is 0 Å². The van der Waals surface area contributed by atoms with Crippen LogP contribution in [0.5, 0.6) is 0 Å². The van der Waals surface area contributed by atoms with E-state index in [0.29, 0.717) is 5.95 Å². The molecule has 0 aliphatic rings. The summed E-state index contributed by atoms with van der Waals surface area (Å²) in [4.78, 5) is 18.0. The first-order valence-electron chi connectivity index (χ1n) is 6.13. The molecule has 3 rings (SSSR count). The van der Waals surface area contributed by atoms with Gasteiger partial charge < -0.3 is 9.73 Å². The Bertz CT molecular complexity index is 776. The average Bonchev–Trinajstić information content (AvgIpc) is 2.87. The zero-order valence-electron chi connectivity index (χ0n) is 10.7. The summed E-state index contributed by atoms with van der Waals surface area (Å²) in [6.07, 6.45) is 1.31. The van der Waals surface area contributed by atoms with Gasteiger partial charge in [0, 0.05) is 5.39 Å². The molecule has 1 aromatic carbocycles. The second-order valence-electron chi connectivity index (χ2n) is 4.46. The molecular formula is C14H12ClN3O2. The second kappa shape index (κ2) is 5.02. The van der Waals surface area contributed by atoms with Crippen molar-refractivity contribution < 1.29 is 4.42 Å². The highest BCUT2D eigenvalue weighted by Gasteiger charge is 2.12. The van der Waals surface area contributed by atoms with E-state index < -0.39 is 0 Å². The van der Waals surface area contributed by atoms with Crippen molar-refractivity contribution in [3.63, 3.8) is 0 Å². The predicted molar refractivity (Wildman–Crippen MR) is 78.1 cm³/mol. The third-order valence-corrected chi connectivity index (χ3v) is 3.25. The summed E-state index contributed by atoms with van der Waals surface area (Å²) >= 11 is 5.64. The number of nitrogens with zero attached hydrogens (tertiary/aromatic N) is 1. The molecule has 5 nitrogen and oxygen atoms in total. The number of aromatic nitrogens is 2. The average molecular weight is 290 g/mol. The molecule has 20 heavy (non-hydrogen) atoms. The van der Waals surface area contributed by atoms with Gasteiger partial charge in [-0.3, -0.25) is 9.78 Å². The summed E-state index contributed by atoms with van der Waals surface area (Å²) in [5.41, 5.74) is 0.453. The molecule has 0 spiro atoms. The quantitative estimate of drug-likeness (QED) is 0.776. The first-order valence-corrected chi connectivity index (χ1v) is 6.51. The number of fused-ring (bicyclic) bond motifs is 1. The Morgan fingerprint density at radius 2 is 2.20 bits per heavy atom. The summed E-state index contributed by atoms with van der Waals surface area (Å²) in [7, 11) is 0. The fourth-order valence-corrected chi connectivity index (χ4v) is 2.04. The van der Waals surface area contributed by atoms with Crippen molar-refractivity contribution in [2.24, 2.45) is 0 Å². The number of hydrogen-bond donors (Lipinski definition) is 2. The minimum Gasteiger partial charge on any atom is -0.459 e. The summed E-state index contributed by atoms with van der Waals surface area (Å²) in [6, 6.07) is 9.60. The molecule has 0 bridgehead atoms. The molecule has 2 N–H and O–H groups in total. The van der Waals surface area contributed by atoms with Crippen molar-refractivity contribution in [1.82, 2.24) is 9.97 Å². The third-order valence-electron chi connectivity index (χ3n) is 2.98. The highest BCUT2D eigenvalue weighted by atomic mass is 35.5. The number of para-hydroxylation sites is 1. The van der Waals surface area contributed by atoms with E-state index in [-0.39, 0.29) is 16.6 Å². The number of furan rings is 1. The van der Waals surface area contributed by atoms with Crippen LogP contribution in [-0.4, -0.2) is 9.97 Å². The molecule has 0 saturated carbocycles. The molecule has 0 radical (unpaired) electrons. The van der Waals surface area contributed by atoms with Gasteiger partial charge in [-0.2, -0.15) is 0 Å². The van der Waals surface area contributed by atoms with Crippen LogP contribution in [0.4, 0.5) is 5.95 Å². The van der Waals surface area contributed by atoms with Crippen molar-refractivity contribution in [2.75, 3.05) is 5.32 Å². The molecule has 102 valence electrons. The monoisotopic (exact) mass is 289 g/mol. The molecule has 0 aliphatic carbocycles. The minimum absolute atomic E-state index is 0.0620. The number of halogens is 1. The normalized spacial score (nSPS) is 12.5. The zero-order valence-corrected chi connectivity index (χ0v) is 11.4. The maximum Gasteiger partial charge on any atom is 0.271 e. The maximum atomic E-state index is 11.4. The number of H-pyrrole nitrogens is 1. The van der Waals surface area contributed by atoms with E-state index >= 15 is 0 Å². The number of anilines is 1. The molecule has 1 atom stereocenters. The number of hydrogen-bond acceptors (Lipinski definition) is 4. The van der Waals surface area contributed by atoms with Gasteiger partial charge in [-0.15, -0.1) is 0 Å². The lowest BCUT2D eigenvalue weighted by Gasteiger charge is -2.11. The largest absolute Gasteiger partial charge is 0.459 e. The van der Waals surface area contributed by atoms with Crippen molar-refractivity contribution in [3.05, 3.63) is 57.7 Å². The maximum absolute atomic E-state index is 11.4. The number of nitrogens with one attached hydrogen (secondary N) is 2. The topological polar surface area (TPSA) is 70.9 Å². The minimum atomic E-state index is -0.374. The van der Waals surface area contributed by atoms with E-state index in [1.165, 1.54) is 6.20 Å². The lowest BCUT2D eigenvalue weighted by Crippen LogP contribution is -2.14. The van der Waals surface area contributed by atoms with E-state index in [2.05, 4.69) is 15.3 Å². The highest BCUT2D eigenvalue weighted by Crippen LogP contribution is 2.25. The van der Waals surface area contributed by atoms with Gasteiger partial charge in [0.15, 0.2) is 0 Å². The summed E-state index contributed by atoms with van der Waals surface area (Å²) in [5.74, 6) is 1.12. The molecule has 3 aromatic rings. The van der Waals surface area contributed by atoms with E-state index in [1.54, 1.807) is 0 Å². The molecule has 0 aliphatic heterocycles. The second-order valence-corrected chi connectivity index (χ2v) is 4.87. The van der Waals surface area contributed by atoms with E-state index in [1.807, 2.05) is 37.3 Å². The Balaban J connectivity index is 1.86. The van der Waals surface area contributed by atoms with Crippen LogP contribution in [0, 0.1) is 0 Å². The van der Waals surface area contributed by atoms with Gasteiger partial charge in [-0.25, -0.2) is 4.98 Å². The Hall–Kier alpha value is -2.27. The smallest absolute Gasteiger partial charge is 0.271 e. The van der Waals surface area contributed by atoms with Gasteiger partial charge in [0.05, 0.1) is 12.2 Å². The van der Waals surface area contributed by atoms with Gasteiger partial charge in [0.2, 0.25) is 5.95 Å². The molecule has 2 aromatic heterocycles. The molecular weight excluding hydrogens is 278 g/mol. The fraction of sp³-hybridized carbons (Fsp3) is 0.143. The number of benzene rings is 1. The molecule has 0 saturated heterocycles. The first kappa shape index (κ1) is 12.7. The summed E-state index contributed by atoms with van der Waals surface area (Å²) < 4.78 is 5.75. The first-order chi connectivity index (χ1) is 9.63. The Labute approximate surface area is 119 Å². The molecule has 1 unspecified atom stereocenters. The van der Waals surface area contributed by atoms with Gasteiger partial charge in [-0.05, 0) is 19.1 Å². The van der Waals surface area contributed by atoms with Crippen LogP contribution in [0.1, 0.15) is 18.7 Å². The Morgan fingerprint density at radius 3 is 2.95 bits per heavy atom. The van der Waals surface area contributed by atoms with Crippen LogP contribution >= 0.6 is 11.6 Å². The van der Waals surface area contributed by atoms with Crippen LogP contribution in [0.2, 0.25) is 5.02 Å². The van der Waals surface area contributed by atoms with Gasteiger partial charge in [-0.1, -0.05) is 29.8 Å². The van der Waals surface area contributed by atoms with Crippen molar-refractivity contribution >= 4 is 28.5 Å². The number of rotatable bonds is 3. The lowest BCUT2D eigenvalue weighted by molar-refractivity contribution is 0.525. The lowest BCUT2D eigenvalue weighted by atomic mass is 10.2. The molecule has 6 heteroatoms. The zero-order chi connectivity index (χ0) is 14.1. The van der Waals surface area contributed by atoms with Crippen molar-refractivity contribution in [3.8, 4) is 0 Å². The number of aromatic amines is 1. The van der Waals surface area contributed by atoms with E-state index in [9.17, 15) is 4.79 Å². The van der Waals surface area contributed by atoms with Crippen LogP contribution in [0.15, 0.2) is 45.7 Å². The summed E-state index contributed by atoms with van der Waals surface area (Å²) in [5, 5.41) is 4.17. The van der Waals surface area contributed by atoms with Gasteiger partial charge in [0.1, 0.15) is 16.4 Å². The standard InChI is InChI=1S/C14H12ClN3O2/c1-8(17-14-16-7-10(15)13(19)18-14)12-6-9-4-2-3-5-11(9)20-12/h2-8H,1H3,(H2,16,17,18,19). The van der Waals surface area contributed by atoms with Crippen LogP contribution < -0.4 is 10.9 Å².